The lowest BCUT2D eigenvalue weighted by molar-refractivity contribution is 0.1000. The highest BCUT2D eigenvalue weighted by Crippen LogP contribution is 2.25. The monoisotopic (exact) mass is 319 g/mol. The van der Waals surface area contributed by atoms with Gasteiger partial charge < -0.3 is 15.2 Å². The molecule has 2 aromatic rings. The van der Waals surface area contributed by atoms with Gasteiger partial charge in [-0.2, -0.15) is 0 Å². The number of rotatable bonds is 6. The first-order chi connectivity index (χ1) is 10.5. The number of primary amides is 1. The van der Waals surface area contributed by atoms with E-state index in [2.05, 4.69) is 0 Å². The first kappa shape index (κ1) is 16.2. The summed E-state index contributed by atoms with van der Waals surface area (Å²) in [6.07, 6.45) is 0. The van der Waals surface area contributed by atoms with Crippen molar-refractivity contribution in [3.63, 3.8) is 0 Å². The third-order valence-corrected chi connectivity index (χ3v) is 3.59. The van der Waals surface area contributed by atoms with Crippen LogP contribution in [0.25, 0.3) is 0 Å². The summed E-state index contributed by atoms with van der Waals surface area (Å²) in [5, 5.41) is 0.693. The maximum absolute atomic E-state index is 11.3. The van der Waals surface area contributed by atoms with Gasteiger partial charge in [-0.25, -0.2) is 0 Å². The number of benzene rings is 2. The Morgan fingerprint density at radius 2 is 1.95 bits per heavy atom. The summed E-state index contributed by atoms with van der Waals surface area (Å²) in [5.41, 5.74) is 7.45. The van der Waals surface area contributed by atoms with E-state index in [1.54, 1.807) is 30.3 Å². The second-order valence-electron chi connectivity index (χ2n) is 4.82. The van der Waals surface area contributed by atoms with E-state index in [1.807, 2.05) is 19.9 Å². The number of carbonyl (C=O) groups is 1. The number of nitrogens with two attached hydrogens (primary N) is 1. The normalized spacial score (nSPS) is 10.3. The molecule has 1 amide bonds. The molecule has 5 heteroatoms. The Kier molecular flexibility index (Phi) is 5.28. The summed E-state index contributed by atoms with van der Waals surface area (Å²) in [6, 6.07) is 10.5. The predicted molar refractivity (Wildman–Crippen MR) is 86.6 cm³/mol. The number of hydrogen-bond donors (Lipinski definition) is 1. The molecule has 0 saturated carbocycles. The number of ether oxygens (including phenoxy) is 2. The minimum absolute atomic E-state index is 0.275. The Hall–Kier alpha value is -2.20. The highest BCUT2D eigenvalue weighted by atomic mass is 35.5. The Morgan fingerprint density at radius 3 is 2.59 bits per heavy atom. The molecular weight excluding hydrogens is 302 g/mol. The van der Waals surface area contributed by atoms with Gasteiger partial charge in [0.15, 0.2) is 0 Å². The van der Waals surface area contributed by atoms with Crippen LogP contribution in [0.15, 0.2) is 36.4 Å². The zero-order valence-corrected chi connectivity index (χ0v) is 13.3. The molecule has 2 aromatic carbocycles. The van der Waals surface area contributed by atoms with Crippen LogP contribution in [0.5, 0.6) is 11.5 Å². The van der Waals surface area contributed by atoms with Gasteiger partial charge in [0.1, 0.15) is 18.1 Å². The molecule has 22 heavy (non-hydrogen) atoms. The van der Waals surface area contributed by atoms with Crippen molar-refractivity contribution in [2.45, 2.75) is 20.5 Å². The van der Waals surface area contributed by atoms with Crippen LogP contribution in [0.2, 0.25) is 5.02 Å². The molecule has 0 fully saturated rings. The van der Waals surface area contributed by atoms with Gasteiger partial charge >= 0.3 is 0 Å². The quantitative estimate of drug-likeness (QED) is 0.882. The molecule has 0 spiro atoms. The van der Waals surface area contributed by atoms with E-state index >= 15 is 0 Å². The van der Waals surface area contributed by atoms with Crippen molar-refractivity contribution in [2.24, 2.45) is 5.73 Å². The maximum atomic E-state index is 11.3. The summed E-state index contributed by atoms with van der Waals surface area (Å²) >= 11 is 5.99. The molecule has 0 aliphatic rings. The highest BCUT2D eigenvalue weighted by Gasteiger charge is 2.09. The SMILES string of the molecule is CCOc1ccc(C(N)=O)cc1COc1ccc(Cl)c(C)c1. The fourth-order valence-electron chi connectivity index (χ4n) is 2.01. The van der Waals surface area contributed by atoms with Gasteiger partial charge in [-0.1, -0.05) is 11.6 Å². The summed E-state index contributed by atoms with van der Waals surface area (Å²) < 4.78 is 11.3. The lowest BCUT2D eigenvalue weighted by atomic mass is 10.1. The smallest absolute Gasteiger partial charge is 0.248 e. The number of aryl methyl sites for hydroxylation is 1. The van der Waals surface area contributed by atoms with Gasteiger partial charge in [0.05, 0.1) is 6.61 Å². The van der Waals surface area contributed by atoms with Crippen LogP contribution < -0.4 is 15.2 Å². The third kappa shape index (κ3) is 3.92. The van der Waals surface area contributed by atoms with Crippen molar-refractivity contribution in [1.82, 2.24) is 0 Å². The first-order valence-electron chi connectivity index (χ1n) is 6.95. The topological polar surface area (TPSA) is 61.5 Å². The molecule has 0 radical (unpaired) electrons. The van der Waals surface area contributed by atoms with Crippen LogP contribution in [-0.2, 0) is 6.61 Å². The van der Waals surface area contributed by atoms with E-state index < -0.39 is 5.91 Å². The summed E-state index contributed by atoms with van der Waals surface area (Å²) in [7, 11) is 0. The van der Waals surface area contributed by atoms with Crippen molar-refractivity contribution in [1.29, 1.82) is 0 Å². The van der Waals surface area contributed by atoms with Crippen LogP contribution in [0.1, 0.15) is 28.4 Å². The van der Waals surface area contributed by atoms with Crippen molar-refractivity contribution >= 4 is 17.5 Å². The average molecular weight is 320 g/mol. The third-order valence-electron chi connectivity index (χ3n) is 3.17. The molecule has 0 heterocycles. The molecule has 2 rings (SSSR count). The van der Waals surface area contributed by atoms with Gasteiger partial charge in [-0.15, -0.1) is 0 Å². The molecule has 0 aromatic heterocycles. The van der Waals surface area contributed by atoms with Gasteiger partial charge in [-0.05, 0) is 55.8 Å². The van der Waals surface area contributed by atoms with Gasteiger partial charge in [0, 0.05) is 16.1 Å². The molecular formula is C17H18ClNO3. The lowest BCUT2D eigenvalue weighted by Gasteiger charge is -2.13. The average Bonchev–Trinajstić information content (AvgIpc) is 2.49. The van der Waals surface area contributed by atoms with Crippen LogP contribution in [0.4, 0.5) is 0 Å². The maximum Gasteiger partial charge on any atom is 0.248 e. The van der Waals surface area contributed by atoms with Crippen molar-refractivity contribution in [3.05, 3.63) is 58.1 Å². The fourth-order valence-corrected chi connectivity index (χ4v) is 2.13. The van der Waals surface area contributed by atoms with Gasteiger partial charge in [0.2, 0.25) is 5.91 Å². The molecule has 0 bridgehead atoms. The van der Waals surface area contributed by atoms with Crippen molar-refractivity contribution in [2.75, 3.05) is 6.61 Å². The predicted octanol–water partition coefficient (Wildman–Crippen LogP) is 3.73. The highest BCUT2D eigenvalue weighted by molar-refractivity contribution is 6.31. The van der Waals surface area contributed by atoms with E-state index in [9.17, 15) is 4.79 Å². The van der Waals surface area contributed by atoms with E-state index in [0.29, 0.717) is 28.7 Å². The van der Waals surface area contributed by atoms with Crippen LogP contribution in [0.3, 0.4) is 0 Å². The Bertz CT molecular complexity index is 686. The molecule has 0 atom stereocenters. The Balaban J connectivity index is 2.20. The number of halogens is 1. The standard InChI is InChI=1S/C17H18ClNO3/c1-3-21-16-7-4-12(17(19)20)9-13(16)10-22-14-5-6-15(18)11(2)8-14/h4-9H,3,10H2,1-2H3,(H2,19,20). The molecule has 116 valence electrons. The van der Waals surface area contributed by atoms with E-state index in [4.69, 9.17) is 26.8 Å². The van der Waals surface area contributed by atoms with Gasteiger partial charge in [0.25, 0.3) is 0 Å². The molecule has 4 nitrogen and oxygen atoms in total. The molecule has 0 aliphatic heterocycles. The van der Waals surface area contributed by atoms with Crippen LogP contribution in [-0.4, -0.2) is 12.5 Å². The second kappa shape index (κ2) is 7.18. The van der Waals surface area contributed by atoms with E-state index in [-0.39, 0.29) is 6.61 Å². The minimum Gasteiger partial charge on any atom is -0.493 e. The zero-order chi connectivity index (χ0) is 16.1. The van der Waals surface area contributed by atoms with Crippen LogP contribution >= 0.6 is 11.6 Å². The Morgan fingerprint density at radius 1 is 1.18 bits per heavy atom. The molecule has 0 unspecified atom stereocenters. The Labute approximate surface area is 134 Å². The van der Waals surface area contributed by atoms with Crippen LogP contribution in [0, 0.1) is 6.92 Å². The number of amides is 1. The number of carbonyl (C=O) groups excluding carboxylic acids is 1. The summed E-state index contributed by atoms with van der Waals surface area (Å²) in [4.78, 5) is 11.3. The largest absolute Gasteiger partial charge is 0.493 e. The van der Waals surface area contributed by atoms with Crippen molar-refractivity contribution in [3.8, 4) is 11.5 Å². The summed E-state index contributed by atoms with van der Waals surface area (Å²) in [6.45, 7) is 4.62. The van der Waals surface area contributed by atoms with Gasteiger partial charge in [-0.3, -0.25) is 4.79 Å². The van der Waals surface area contributed by atoms with Crippen molar-refractivity contribution < 1.29 is 14.3 Å². The summed E-state index contributed by atoms with van der Waals surface area (Å²) in [5.74, 6) is 0.902. The first-order valence-corrected chi connectivity index (χ1v) is 7.33. The van der Waals surface area contributed by atoms with E-state index in [0.717, 1.165) is 11.1 Å². The lowest BCUT2D eigenvalue weighted by Crippen LogP contribution is -2.12. The second-order valence-corrected chi connectivity index (χ2v) is 5.23. The molecule has 0 saturated heterocycles. The van der Waals surface area contributed by atoms with E-state index in [1.165, 1.54) is 0 Å². The molecule has 2 N–H and O–H groups in total. The molecule has 0 aliphatic carbocycles. The fraction of sp³-hybridized carbons (Fsp3) is 0.235. The number of hydrogen-bond acceptors (Lipinski definition) is 3. The zero-order valence-electron chi connectivity index (χ0n) is 12.6. The minimum atomic E-state index is -0.480.